The molecule has 0 aliphatic carbocycles. The second-order valence-corrected chi connectivity index (χ2v) is 10.4. The van der Waals surface area contributed by atoms with Crippen LogP contribution in [0.2, 0.25) is 5.02 Å². The number of benzene rings is 2. The summed E-state index contributed by atoms with van der Waals surface area (Å²) in [5, 5.41) is 0.452. The zero-order valence-electron chi connectivity index (χ0n) is 17.3. The van der Waals surface area contributed by atoms with E-state index in [1.54, 1.807) is 24.3 Å². The Labute approximate surface area is 194 Å². The highest BCUT2D eigenvalue weighted by Crippen LogP contribution is 2.20. The maximum atomic E-state index is 12.4. The molecule has 1 aromatic heterocycles. The number of hydrogen-bond acceptors (Lipinski definition) is 6. The number of carbonyl (C=O) groups is 2. The minimum atomic E-state index is -3.51. The van der Waals surface area contributed by atoms with Gasteiger partial charge in [-0.25, -0.2) is 13.2 Å². The second kappa shape index (κ2) is 10.2. The van der Waals surface area contributed by atoms with Gasteiger partial charge in [0.15, 0.2) is 14.6 Å². The highest BCUT2D eigenvalue weighted by molar-refractivity contribution is 7.91. The third-order valence-electron chi connectivity index (χ3n) is 4.61. The number of hydrogen-bond donors (Lipinski definition) is 0. The lowest BCUT2D eigenvalue weighted by Crippen LogP contribution is -2.16. The first-order chi connectivity index (χ1) is 15.2. The van der Waals surface area contributed by atoms with E-state index in [9.17, 15) is 18.0 Å². The van der Waals surface area contributed by atoms with Crippen molar-refractivity contribution in [3.05, 3.63) is 70.5 Å². The average molecular weight is 493 g/mol. The number of methoxy groups -OCH3 is 1. The summed E-state index contributed by atoms with van der Waals surface area (Å²) in [6, 6.07) is 11.0. The Bertz CT molecular complexity index is 1340. The first-order valence-electron chi connectivity index (χ1n) is 9.63. The fourth-order valence-electron chi connectivity index (χ4n) is 3.04. The zero-order chi connectivity index (χ0) is 23.3. The summed E-state index contributed by atoms with van der Waals surface area (Å²) in [6.07, 6.45) is 1.82. The van der Waals surface area contributed by atoms with Gasteiger partial charge in [-0.3, -0.25) is 4.79 Å². The van der Waals surface area contributed by atoms with E-state index in [0.29, 0.717) is 21.9 Å². The van der Waals surface area contributed by atoms with Gasteiger partial charge >= 0.3 is 5.97 Å². The lowest BCUT2D eigenvalue weighted by molar-refractivity contribution is -0.118. The Morgan fingerprint density at radius 3 is 2.59 bits per heavy atom. The highest BCUT2D eigenvalue weighted by atomic mass is 35.5. The first kappa shape index (κ1) is 23.9. The molecule has 0 aliphatic rings. The molecule has 0 aliphatic heterocycles. The van der Waals surface area contributed by atoms with Gasteiger partial charge in [-0.2, -0.15) is 4.99 Å². The van der Waals surface area contributed by atoms with Gasteiger partial charge in [0.1, 0.15) is 0 Å². The number of ether oxygens (including phenoxy) is 1. The van der Waals surface area contributed by atoms with Crippen LogP contribution in [0.25, 0.3) is 10.2 Å². The zero-order valence-corrected chi connectivity index (χ0v) is 19.7. The average Bonchev–Trinajstić information content (AvgIpc) is 3.09. The van der Waals surface area contributed by atoms with Crippen molar-refractivity contribution in [2.24, 2.45) is 4.99 Å². The molecule has 0 fully saturated rings. The molecule has 0 saturated carbocycles. The van der Waals surface area contributed by atoms with Gasteiger partial charge in [0.05, 0.1) is 33.5 Å². The molecule has 3 rings (SSSR count). The summed E-state index contributed by atoms with van der Waals surface area (Å²) in [5.74, 6) is -1.04. The molecule has 10 heteroatoms. The molecule has 7 nitrogen and oxygen atoms in total. The van der Waals surface area contributed by atoms with Gasteiger partial charge in [-0.05, 0) is 48.9 Å². The van der Waals surface area contributed by atoms with E-state index in [1.807, 2.05) is 4.57 Å². The molecule has 0 saturated heterocycles. The number of nitrogens with zero attached hydrogens (tertiary/aromatic N) is 2. The summed E-state index contributed by atoms with van der Waals surface area (Å²) in [7, 11) is -2.20. The third-order valence-corrected chi connectivity index (χ3v) is 7.72. The number of allylic oxidation sites excluding steroid dienone is 1. The molecule has 0 radical (unpaired) electrons. The van der Waals surface area contributed by atoms with Crippen molar-refractivity contribution in [2.75, 3.05) is 12.9 Å². The first-order valence-corrected chi connectivity index (χ1v) is 12.5. The molecule has 0 unspecified atom stereocenters. The fourth-order valence-corrected chi connectivity index (χ4v) is 5.58. The van der Waals surface area contributed by atoms with E-state index in [4.69, 9.17) is 16.3 Å². The predicted octanol–water partition coefficient (Wildman–Crippen LogP) is 4.01. The van der Waals surface area contributed by atoms with E-state index in [-0.39, 0.29) is 23.5 Å². The quantitative estimate of drug-likeness (QED) is 0.350. The molecule has 1 heterocycles. The van der Waals surface area contributed by atoms with Gasteiger partial charge < -0.3 is 9.30 Å². The molecule has 32 heavy (non-hydrogen) atoms. The van der Waals surface area contributed by atoms with Crippen molar-refractivity contribution >= 4 is 54.9 Å². The number of thiazole rings is 1. The van der Waals surface area contributed by atoms with Crippen LogP contribution in [-0.2, 0) is 25.9 Å². The smallest absolute Gasteiger partial charge is 0.337 e. The van der Waals surface area contributed by atoms with Crippen LogP contribution in [-0.4, -0.2) is 37.7 Å². The molecular weight excluding hydrogens is 472 g/mol. The van der Waals surface area contributed by atoms with Gasteiger partial charge in [-0.1, -0.05) is 29.0 Å². The van der Waals surface area contributed by atoms with Crippen LogP contribution in [0, 0.1) is 0 Å². The van der Waals surface area contributed by atoms with Gasteiger partial charge in [0, 0.05) is 18.0 Å². The molecule has 0 bridgehead atoms. The van der Waals surface area contributed by atoms with E-state index in [1.165, 1.54) is 42.7 Å². The van der Waals surface area contributed by atoms with Crippen LogP contribution in [0.4, 0.5) is 0 Å². The van der Waals surface area contributed by atoms with Crippen LogP contribution < -0.4 is 4.80 Å². The van der Waals surface area contributed by atoms with E-state index >= 15 is 0 Å². The molecule has 3 aromatic rings. The number of rotatable bonds is 8. The standard InChI is InChI=1S/C22H21ClN2O5S2/c1-3-12-25-18-11-6-15(21(27)30-2)14-19(18)31-22(25)24-20(26)5-4-13-32(28,29)17-9-7-16(23)8-10-17/h3,6-11,14H,1,4-5,12-13H2,2H3. The van der Waals surface area contributed by atoms with Crippen molar-refractivity contribution in [3.8, 4) is 0 Å². The van der Waals surface area contributed by atoms with Gasteiger partial charge in [-0.15, -0.1) is 6.58 Å². The molecule has 168 valence electrons. The van der Waals surface area contributed by atoms with Crippen LogP contribution in [0.1, 0.15) is 23.2 Å². The fraction of sp³-hybridized carbons (Fsp3) is 0.227. The van der Waals surface area contributed by atoms with Crippen LogP contribution in [0.3, 0.4) is 0 Å². The minimum absolute atomic E-state index is 0.0113. The lowest BCUT2D eigenvalue weighted by atomic mass is 10.2. The van der Waals surface area contributed by atoms with Crippen molar-refractivity contribution < 1.29 is 22.7 Å². The van der Waals surface area contributed by atoms with Crippen molar-refractivity contribution in [1.29, 1.82) is 0 Å². The Balaban J connectivity index is 1.79. The Kier molecular flexibility index (Phi) is 7.65. The Hall–Kier alpha value is -2.75. The largest absolute Gasteiger partial charge is 0.465 e. The number of esters is 1. The summed E-state index contributed by atoms with van der Waals surface area (Å²) in [6.45, 7) is 4.17. The van der Waals surface area contributed by atoms with Crippen LogP contribution in [0.5, 0.6) is 0 Å². The summed E-state index contributed by atoms with van der Waals surface area (Å²) in [5.41, 5.74) is 1.21. The maximum Gasteiger partial charge on any atom is 0.337 e. The molecule has 2 aromatic carbocycles. The van der Waals surface area contributed by atoms with Crippen molar-refractivity contribution in [1.82, 2.24) is 4.57 Å². The molecule has 0 atom stereocenters. The number of sulfone groups is 1. The Morgan fingerprint density at radius 1 is 1.22 bits per heavy atom. The number of fused-ring (bicyclic) bond motifs is 1. The Morgan fingerprint density at radius 2 is 1.94 bits per heavy atom. The summed E-state index contributed by atoms with van der Waals surface area (Å²) < 4.78 is 32.2. The van der Waals surface area contributed by atoms with Crippen LogP contribution in [0.15, 0.2) is 65.0 Å². The minimum Gasteiger partial charge on any atom is -0.465 e. The summed E-state index contributed by atoms with van der Waals surface area (Å²) >= 11 is 7.06. The normalized spacial score (nSPS) is 12.1. The molecule has 1 amide bonds. The predicted molar refractivity (Wildman–Crippen MR) is 125 cm³/mol. The highest BCUT2D eigenvalue weighted by Gasteiger charge is 2.15. The SMILES string of the molecule is C=CCn1c(=NC(=O)CCCS(=O)(=O)c2ccc(Cl)cc2)sc2cc(C(=O)OC)ccc21. The number of carbonyl (C=O) groups excluding carboxylic acids is 2. The molecule has 0 N–H and O–H groups in total. The number of amides is 1. The van der Waals surface area contributed by atoms with E-state index < -0.39 is 21.7 Å². The van der Waals surface area contributed by atoms with Crippen molar-refractivity contribution in [3.63, 3.8) is 0 Å². The van der Waals surface area contributed by atoms with Crippen LogP contribution >= 0.6 is 22.9 Å². The molecular formula is C22H21ClN2O5S2. The van der Waals surface area contributed by atoms with Gasteiger partial charge in [0.2, 0.25) is 5.91 Å². The maximum absolute atomic E-state index is 12.4. The van der Waals surface area contributed by atoms with E-state index in [2.05, 4.69) is 11.6 Å². The number of aromatic nitrogens is 1. The van der Waals surface area contributed by atoms with Crippen molar-refractivity contribution in [2.45, 2.75) is 24.3 Å². The van der Waals surface area contributed by atoms with Gasteiger partial charge in [0.25, 0.3) is 0 Å². The monoisotopic (exact) mass is 492 g/mol. The third kappa shape index (κ3) is 5.53. The lowest BCUT2D eigenvalue weighted by Gasteiger charge is -2.04. The number of halogens is 1. The molecule has 0 spiro atoms. The topological polar surface area (TPSA) is 94.8 Å². The summed E-state index contributed by atoms with van der Waals surface area (Å²) in [4.78, 5) is 29.0. The van der Waals surface area contributed by atoms with E-state index in [0.717, 1.165) is 10.2 Å². The second-order valence-electron chi connectivity index (χ2n) is 6.84.